The first-order valence-corrected chi connectivity index (χ1v) is 14.0. The molecule has 39 heavy (non-hydrogen) atoms. The molecule has 1 aromatic carbocycles. The van der Waals surface area contributed by atoms with Gasteiger partial charge in [-0.1, -0.05) is 17.8 Å². The molecule has 0 fully saturated rings. The lowest BCUT2D eigenvalue weighted by Crippen LogP contribution is -2.25. The number of rotatable bonds is 10. The molecule has 0 saturated heterocycles. The number of nitro groups is 1. The standard InChI is InChI=1S/C25H28N6O6S2/c1-5-37-24(34)20-16-7-6-8-18(16)39-23(20)27-21(32)14(3)38-25-29-28-19(30(25)4)12-26-22(33)15-10-9-13(2)17(11-15)31(35)36/h9-11,14H,5-8,12H2,1-4H3,(H,26,33)(H,27,32). The molecule has 0 saturated carbocycles. The van der Waals surface area contributed by atoms with Crippen molar-refractivity contribution in [1.29, 1.82) is 0 Å². The summed E-state index contributed by atoms with van der Waals surface area (Å²) in [5.74, 6) is -0.750. The van der Waals surface area contributed by atoms with E-state index in [1.165, 1.54) is 41.3 Å². The molecule has 1 unspecified atom stereocenters. The number of hydrogen-bond donors (Lipinski definition) is 2. The number of thioether (sulfide) groups is 1. The SMILES string of the molecule is CCOC(=O)c1c(NC(=O)C(C)Sc2nnc(CNC(=O)c3ccc(C)c([N+](=O)[O-])c3)n2C)sc2c1CCC2. The van der Waals surface area contributed by atoms with Gasteiger partial charge in [0.2, 0.25) is 5.91 Å². The van der Waals surface area contributed by atoms with E-state index in [0.717, 1.165) is 29.7 Å². The summed E-state index contributed by atoms with van der Waals surface area (Å²) in [6, 6.07) is 4.28. The highest BCUT2D eigenvalue weighted by Gasteiger charge is 2.29. The number of nitrogens with zero attached hydrogens (tertiary/aromatic N) is 4. The molecule has 12 nitrogen and oxygen atoms in total. The zero-order valence-electron chi connectivity index (χ0n) is 21.9. The highest BCUT2D eigenvalue weighted by molar-refractivity contribution is 8.00. The molecule has 1 atom stereocenters. The number of carbonyl (C=O) groups excluding carboxylic acids is 3. The minimum atomic E-state index is -0.560. The smallest absolute Gasteiger partial charge is 0.341 e. The van der Waals surface area contributed by atoms with Gasteiger partial charge in [0.25, 0.3) is 11.6 Å². The Morgan fingerprint density at radius 1 is 1.28 bits per heavy atom. The number of amides is 2. The number of ether oxygens (including phenoxy) is 1. The molecule has 1 aliphatic rings. The van der Waals surface area contributed by atoms with E-state index in [1.54, 1.807) is 32.4 Å². The van der Waals surface area contributed by atoms with Crippen molar-refractivity contribution < 1.29 is 24.0 Å². The summed E-state index contributed by atoms with van der Waals surface area (Å²) in [5, 5.41) is 25.4. The molecule has 1 aliphatic carbocycles. The summed E-state index contributed by atoms with van der Waals surface area (Å²) >= 11 is 2.61. The second-order valence-electron chi connectivity index (χ2n) is 8.93. The first-order chi connectivity index (χ1) is 18.6. The lowest BCUT2D eigenvalue weighted by molar-refractivity contribution is -0.385. The molecule has 2 amide bonds. The van der Waals surface area contributed by atoms with Crippen LogP contribution in [0.2, 0.25) is 0 Å². The van der Waals surface area contributed by atoms with Gasteiger partial charge in [0.05, 0.1) is 28.9 Å². The van der Waals surface area contributed by atoms with Crippen LogP contribution in [-0.2, 0) is 36.0 Å². The van der Waals surface area contributed by atoms with Gasteiger partial charge < -0.3 is 19.9 Å². The predicted octanol–water partition coefficient (Wildman–Crippen LogP) is 3.81. The van der Waals surface area contributed by atoms with Gasteiger partial charge in [-0.05, 0) is 51.7 Å². The Morgan fingerprint density at radius 2 is 2.05 bits per heavy atom. The van der Waals surface area contributed by atoms with Crippen molar-refractivity contribution in [2.24, 2.45) is 7.05 Å². The number of benzene rings is 1. The van der Waals surface area contributed by atoms with Gasteiger partial charge in [0, 0.05) is 29.1 Å². The summed E-state index contributed by atoms with van der Waals surface area (Å²) in [6.45, 7) is 5.37. The summed E-state index contributed by atoms with van der Waals surface area (Å²) < 4.78 is 6.89. The Balaban J connectivity index is 1.39. The van der Waals surface area contributed by atoms with Crippen molar-refractivity contribution in [3.8, 4) is 0 Å². The maximum atomic E-state index is 13.0. The van der Waals surface area contributed by atoms with Gasteiger partial charge in [0.1, 0.15) is 5.00 Å². The van der Waals surface area contributed by atoms with Crippen molar-refractivity contribution in [2.75, 3.05) is 11.9 Å². The Hall–Kier alpha value is -3.78. The van der Waals surface area contributed by atoms with E-state index in [1.807, 2.05) is 0 Å². The molecule has 2 aromatic heterocycles. The zero-order valence-corrected chi connectivity index (χ0v) is 23.5. The number of aryl methyl sites for hydroxylation is 2. The lowest BCUT2D eigenvalue weighted by Gasteiger charge is -2.12. The molecule has 206 valence electrons. The van der Waals surface area contributed by atoms with Crippen molar-refractivity contribution in [3.05, 3.63) is 61.3 Å². The predicted molar refractivity (Wildman–Crippen MR) is 146 cm³/mol. The van der Waals surface area contributed by atoms with Gasteiger partial charge in [-0.2, -0.15) is 0 Å². The third-order valence-corrected chi connectivity index (χ3v) is 8.63. The summed E-state index contributed by atoms with van der Waals surface area (Å²) in [5.41, 5.74) is 1.92. The summed E-state index contributed by atoms with van der Waals surface area (Å²) in [7, 11) is 1.72. The number of aromatic nitrogens is 3. The number of anilines is 1. The van der Waals surface area contributed by atoms with Crippen LogP contribution < -0.4 is 10.6 Å². The van der Waals surface area contributed by atoms with E-state index in [2.05, 4.69) is 20.8 Å². The average Bonchev–Trinajstić information content (AvgIpc) is 3.57. The molecule has 0 radical (unpaired) electrons. The Kier molecular flexibility index (Phi) is 8.65. The van der Waals surface area contributed by atoms with Gasteiger partial charge >= 0.3 is 5.97 Å². The number of carbonyl (C=O) groups is 3. The fourth-order valence-corrected chi connectivity index (χ4v) is 6.26. The minimum absolute atomic E-state index is 0.0365. The molecule has 0 bridgehead atoms. The van der Waals surface area contributed by atoms with Crippen LogP contribution in [0, 0.1) is 17.0 Å². The van der Waals surface area contributed by atoms with E-state index < -0.39 is 22.0 Å². The molecular formula is C25H28N6O6S2. The van der Waals surface area contributed by atoms with E-state index in [-0.39, 0.29) is 30.3 Å². The molecule has 2 N–H and O–H groups in total. The van der Waals surface area contributed by atoms with Crippen LogP contribution in [-0.4, -0.2) is 49.3 Å². The molecule has 14 heteroatoms. The van der Waals surface area contributed by atoms with Crippen molar-refractivity contribution >= 4 is 51.6 Å². The molecule has 4 rings (SSSR count). The van der Waals surface area contributed by atoms with E-state index in [0.29, 0.717) is 27.1 Å². The second-order valence-corrected chi connectivity index (χ2v) is 11.3. The van der Waals surface area contributed by atoms with E-state index in [9.17, 15) is 24.5 Å². The number of nitrogens with one attached hydrogen (secondary N) is 2. The zero-order chi connectivity index (χ0) is 28.3. The lowest BCUT2D eigenvalue weighted by atomic mass is 10.1. The maximum Gasteiger partial charge on any atom is 0.341 e. The topological polar surface area (TPSA) is 158 Å². The minimum Gasteiger partial charge on any atom is -0.462 e. The number of nitro benzene ring substituents is 1. The third-order valence-electron chi connectivity index (χ3n) is 6.29. The van der Waals surface area contributed by atoms with Crippen LogP contribution in [0.1, 0.15) is 62.8 Å². The number of thiophene rings is 1. The highest BCUT2D eigenvalue weighted by atomic mass is 32.2. The third kappa shape index (κ3) is 6.11. The highest BCUT2D eigenvalue weighted by Crippen LogP contribution is 2.40. The molecule has 2 heterocycles. The fourth-order valence-electron chi connectivity index (χ4n) is 4.15. The molecule has 3 aromatic rings. The first kappa shape index (κ1) is 28.2. The summed E-state index contributed by atoms with van der Waals surface area (Å²) in [4.78, 5) is 49.9. The van der Waals surface area contributed by atoms with Crippen LogP contribution in [0.25, 0.3) is 0 Å². The Morgan fingerprint density at radius 3 is 2.77 bits per heavy atom. The summed E-state index contributed by atoms with van der Waals surface area (Å²) in [6.07, 6.45) is 2.65. The van der Waals surface area contributed by atoms with Crippen LogP contribution in [0.3, 0.4) is 0 Å². The van der Waals surface area contributed by atoms with Crippen molar-refractivity contribution in [2.45, 2.75) is 57.0 Å². The van der Waals surface area contributed by atoms with Crippen molar-refractivity contribution in [3.63, 3.8) is 0 Å². The van der Waals surface area contributed by atoms with Gasteiger partial charge in [-0.3, -0.25) is 19.7 Å². The van der Waals surface area contributed by atoms with Crippen LogP contribution in [0.15, 0.2) is 23.4 Å². The van der Waals surface area contributed by atoms with E-state index in [4.69, 9.17) is 4.74 Å². The number of hydrogen-bond acceptors (Lipinski definition) is 10. The largest absolute Gasteiger partial charge is 0.462 e. The van der Waals surface area contributed by atoms with E-state index >= 15 is 0 Å². The van der Waals surface area contributed by atoms with Gasteiger partial charge in [-0.25, -0.2) is 4.79 Å². The number of esters is 1. The molecule has 0 spiro atoms. The van der Waals surface area contributed by atoms with Gasteiger partial charge in [0.15, 0.2) is 11.0 Å². The fraction of sp³-hybridized carbons (Fsp3) is 0.400. The van der Waals surface area contributed by atoms with Crippen LogP contribution in [0.5, 0.6) is 0 Å². The maximum absolute atomic E-state index is 13.0. The second kappa shape index (κ2) is 11.9. The average molecular weight is 573 g/mol. The molecule has 0 aliphatic heterocycles. The normalized spacial score (nSPS) is 13.0. The van der Waals surface area contributed by atoms with Crippen LogP contribution in [0.4, 0.5) is 10.7 Å². The monoisotopic (exact) mass is 572 g/mol. The Labute approximate surface area is 232 Å². The van der Waals surface area contributed by atoms with Crippen molar-refractivity contribution in [1.82, 2.24) is 20.1 Å². The van der Waals surface area contributed by atoms with Crippen LogP contribution >= 0.6 is 23.1 Å². The number of fused-ring (bicyclic) bond motifs is 1. The van der Waals surface area contributed by atoms with Gasteiger partial charge in [-0.15, -0.1) is 21.5 Å². The first-order valence-electron chi connectivity index (χ1n) is 12.3. The Bertz CT molecular complexity index is 1450. The molecular weight excluding hydrogens is 544 g/mol. The quantitative estimate of drug-likeness (QED) is 0.159.